The van der Waals surface area contributed by atoms with Gasteiger partial charge in [0.25, 0.3) is 0 Å². The Bertz CT molecular complexity index is 4320. The maximum Gasteiger partial charge on any atom is 0.164 e. The number of nitrogens with zero attached hydrogens (tertiary/aromatic N) is 4. The molecule has 0 saturated carbocycles. The second-order valence-electron chi connectivity index (χ2n) is 19.0. The van der Waals surface area contributed by atoms with Gasteiger partial charge < -0.3 is 4.57 Å². The molecule has 4 nitrogen and oxygen atoms in total. The van der Waals surface area contributed by atoms with Crippen LogP contribution >= 0.6 is 0 Å². The highest BCUT2D eigenvalue weighted by atomic mass is 15.0. The zero-order chi connectivity index (χ0) is 47.3. The van der Waals surface area contributed by atoms with Gasteiger partial charge in [0, 0.05) is 27.5 Å². The molecule has 15 rings (SSSR count). The van der Waals surface area contributed by atoms with Gasteiger partial charge in [0.1, 0.15) is 0 Å². The predicted octanol–water partition coefficient (Wildman–Crippen LogP) is 16.8. The molecule has 0 amide bonds. The van der Waals surface area contributed by atoms with Crippen LogP contribution in [0, 0.1) is 0 Å². The molecule has 11 aromatic carbocycles. The van der Waals surface area contributed by atoms with E-state index in [1.807, 2.05) is 24.3 Å². The molecule has 0 N–H and O–H groups in total. The summed E-state index contributed by atoms with van der Waals surface area (Å²) >= 11 is 0. The monoisotopic (exact) mass is 914 g/mol. The molecule has 2 aromatic heterocycles. The summed E-state index contributed by atoms with van der Waals surface area (Å²) in [6.07, 6.45) is 0. The van der Waals surface area contributed by atoms with Gasteiger partial charge in [-0.1, -0.05) is 231 Å². The summed E-state index contributed by atoms with van der Waals surface area (Å²) in [6, 6.07) is 92.5. The van der Waals surface area contributed by atoms with Crippen molar-refractivity contribution in [3.63, 3.8) is 0 Å². The van der Waals surface area contributed by atoms with Crippen molar-refractivity contribution in [2.75, 3.05) is 0 Å². The van der Waals surface area contributed by atoms with Crippen LogP contribution in [0.3, 0.4) is 0 Å². The molecule has 0 bridgehead atoms. The van der Waals surface area contributed by atoms with Crippen LogP contribution in [0.5, 0.6) is 0 Å². The lowest BCUT2D eigenvalue weighted by Crippen LogP contribution is -2.33. The average molecular weight is 915 g/mol. The van der Waals surface area contributed by atoms with Gasteiger partial charge in [-0.25, -0.2) is 15.0 Å². The number of para-hydroxylation sites is 3. The Morgan fingerprint density at radius 2 is 0.819 bits per heavy atom. The fraction of sp³-hybridized carbons (Fsp3) is 0.0147. The SMILES string of the molecule is c1ccc(-c2ccc(-c3nc(-c4ccccc4)nc(-c4cccc(-c5c(-c6ccc7c(c6)C6(c8ccccc8-7)c7ccccc7-n7c8ccccc8c8cccc6c87)ccc6ccccc56)c4)n3)cc2)cc1. The van der Waals surface area contributed by atoms with Crippen molar-refractivity contribution in [2.24, 2.45) is 0 Å². The molecule has 0 saturated heterocycles. The van der Waals surface area contributed by atoms with Crippen molar-refractivity contribution in [1.82, 2.24) is 19.5 Å². The summed E-state index contributed by atoms with van der Waals surface area (Å²) in [5.41, 5.74) is 20.6. The van der Waals surface area contributed by atoms with E-state index in [0.29, 0.717) is 17.5 Å². The van der Waals surface area contributed by atoms with Crippen molar-refractivity contribution < 1.29 is 0 Å². The highest BCUT2D eigenvalue weighted by molar-refractivity contribution is 6.13. The minimum Gasteiger partial charge on any atom is -0.309 e. The van der Waals surface area contributed by atoms with E-state index in [1.54, 1.807) is 0 Å². The Morgan fingerprint density at radius 3 is 1.64 bits per heavy atom. The molecule has 1 atom stereocenters. The minimum atomic E-state index is -0.561. The van der Waals surface area contributed by atoms with Crippen molar-refractivity contribution >= 4 is 32.6 Å². The van der Waals surface area contributed by atoms with Gasteiger partial charge in [0.05, 0.1) is 22.1 Å². The Hall–Kier alpha value is -9.51. The third-order valence-electron chi connectivity index (χ3n) is 15.3. The summed E-state index contributed by atoms with van der Waals surface area (Å²) in [5.74, 6) is 1.88. The van der Waals surface area contributed by atoms with E-state index in [9.17, 15) is 0 Å². The van der Waals surface area contributed by atoms with Gasteiger partial charge in [-0.2, -0.15) is 0 Å². The van der Waals surface area contributed by atoms with E-state index in [-0.39, 0.29) is 0 Å². The first-order chi connectivity index (χ1) is 35.7. The fourth-order valence-electron chi connectivity index (χ4n) is 12.2. The molecule has 72 heavy (non-hydrogen) atoms. The van der Waals surface area contributed by atoms with Crippen LogP contribution in [0.1, 0.15) is 22.3 Å². The van der Waals surface area contributed by atoms with Crippen LogP contribution in [-0.4, -0.2) is 19.5 Å². The molecule has 0 radical (unpaired) electrons. The number of aromatic nitrogens is 4. The van der Waals surface area contributed by atoms with E-state index < -0.39 is 5.41 Å². The molecular formula is C68H42N4. The zero-order valence-corrected chi connectivity index (χ0v) is 39.0. The Balaban J connectivity index is 0.928. The molecule has 2 aliphatic rings. The zero-order valence-electron chi connectivity index (χ0n) is 39.0. The first-order valence-electron chi connectivity index (χ1n) is 24.7. The number of hydrogen-bond acceptors (Lipinski definition) is 3. The second kappa shape index (κ2) is 15.8. The molecule has 3 heterocycles. The van der Waals surface area contributed by atoms with Crippen molar-refractivity contribution in [3.05, 3.63) is 277 Å². The third-order valence-corrected chi connectivity index (χ3v) is 15.3. The lowest BCUT2D eigenvalue weighted by Gasteiger charge is -2.39. The third kappa shape index (κ3) is 5.90. The first kappa shape index (κ1) is 40.4. The first-order valence-corrected chi connectivity index (χ1v) is 24.7. The van der Waals surface area contributed by atoms with Gasteiger partial charge in [0.15, 0.2) is 17.5 Å². The van der Waals surface area contributed by atoms with E-state index in [4.69, 9.17) is 15.0 Å². The maximum absolute atomic E-state index is 5.23. The second-order valence-corrected chi connectivity index (χ2v) is 19.0. The number of benzene rings is 11. The number of hydrogen-bond donors (Lipinski definition) is 0. The summed E-state index contributed by atoms with van der Waals surface area (Å²) in [6.45, 7) is 0. The van der Waals surface area contributed by atoms with E-state index in [2.05, 4.69) is 235 Å². The van der Waals surface area contributed by atoms with Crippen molar-refractivity contribution in [2.45, 2.75) is 5.41 Å². The maximum atomic E-state index is 5.23. The molecule has 1 aliphatic carbocycles. The highest BCUT2D eigenvalue weighted by Gasteiger charge is 2.51. The summed E-state index contributed by atoms with van der Waals surface area (Å²) in [7, 11) is 0. The molecule has 13 aromatic rings. The number of rotatable bonds is 6. The van der Waals surface area contributed by atoms with Gasteiger partial charge in [-0.05, 0) is 102 Å². The smallest absolute Gasteiger partial charge is 0.164 e. The standard InChI is InChI=1S/C68H42N4/c1-3-17-43(18-4-1)44-33-35-47(36-34-44)66-69-65(46-20-5-2-6-21-46)70-67(71-66)50-23-15-22-49(41-50)63-51-24-8-7-19-45(51)37-39-52(63)48-38-40-54-53-25-9-11-28-57(53)68(60(54)42-48)58-29-12-14-32-62(58)72-61-31-13-10-26-55(61)56-27-16-30-59(68)64(56)72/h1-42H. The van der Waals surface area contributed by atoms with Gasteiger partial charge in [-0.3, -0.25) is 0 Å². The molecule has 1 aliphatic heterocycles. The Labute approximate surface area is 416 Å². The van der Waals surface area contributed by atoms with E-state index in [1.165, 1.54) is 82.8 Å². The summed E-state index contributed by atoms with van der Waals surface area (Å²) in [4.78, 5) is 15.5. The van der Waals surface area contributed by atoms with Crippen LogP contribution in [0.25, 0.3) is 117 Å². The fourth-order valence-corrected chi connectivity index (χ4v) is 12.2. The minimum absolute atomic E-state index is 0.561. The van der Waals surface area contributed by atoms with Crippen LogP contribution in [0.15, 0.2) is 255 Å². The van der Waals surface area contributed by atoms with E-state index >= 15 is 0 Å². The van der Waals surface area contributed by atoms with Gasteiger partial charge in [0.2, 0.25) is 0 Å². The van der Waals surface area contributed by atoms with E-state index in [0.717, 1.165) is 38.9 Å². The molecule has 0 fully saturated rings. The molecule has 4 heteroatoms. The predicted molar refractivity (Wildman–Crippen MR) is 295 cm³/mol. The van der Waals surface area contributed by atoms with Crippen molar-refractivity contribution in [1.29, 1.82) is 0 Å². The lowest BCUT2D eigenvalue weighted by atomic mass is 9.65. The van der Waals surface area contributed by atoms with Gasteiger partial charge in [-0.15, -0.1) is 0 Å². The summed E-state index contributed by atoms with van der Waals surface area (Å²) < 4.78 is 2.51. The molecule has 334 valence electrons. The topological polar surface area (TPSA) is 43.6 Å². The van der Waals surface area contributed by atoms with Crippen LogP contribution in [0.2, 0.25) is 0 Å². The van der Waals surface area contributed by atoms with Crippen LogP contribution in [-0.2, 0) is 5.41 Å². The molecule has 1 unspecified atom stereocenters. The molecule has 1 spiro atoms. The van der Waals surface area contributed by atoms with Crippen LogP contribution < -0.4 is 0 Å². The molecular weight excluding hydrogens is 873 g/mol. The van der Waals surface area contributed by atoms with Crippen molar-refractivity contribution in [3.8, 4) is 84.4 Å². The van der Waals surface area contributed by atoms with Crippen LogP contribution in [0.4, 0.5) is 0 Å². The largest absolute Gasteiger partial charge is 0.309 e. The Morgan fingerprint density at radius 1 is 0.292 bits per heavy atom. The lowest BCUT2D eigenvalue weighted by molar-refractivity contribution is 0.749. The Kier molecular flexibility index (Phi) is 8.84. The quantitative estimate of drug-likeness (QED) is 0.167. The highest BCUT2D eigenvalue weighted by Crippen LogP contribution is 2.61. The number of fused-ring (bicyclic) bond motifs is 13. The summed E-state index contributed by atoms with van der Waals surface area (Å²) in [5, 5.41) is 4.91. The normalized spacial score (nSPS) is 14.2. The average Bonchev–Trinajstić information content (AvgIpc) is 3.95. The van der Waals surface area contributed by atoms with Gasteiger partial charge >= 0.3 is 0 Å².